The Morgan fingerprint density at radius 3 is 2.40 bits per heavy atom. The first-order valence-corrected chi connectivity index (χ1v) is 8.97. The van der Waals surface area contributed by atoms with Crippen LogP contribution in [-0.4, -0.2) is 32.7 Å². The molecule has 25 heavy (non-hydrogen) atoms. The number of nitrogens with zero attached hydrogens (tertiary/aromatic N) is 1. The molecule has 0 radical (unpaired) electrons. The Balaban J connectivity index is 1.73. The highest BCUT2D eigenvalue weighted by atomic mass is 19.1. The Morgan fingerprint density at radius 2 is 1.64 bits per heavy atom. The fraction of sp³-hybridized carbons (Fsp3) is 0.400. The van der Waals surface area contributed by atoms with Crippen LogP contribution in [0.15, 0.2) is 36.4 Å². The van der Waals surface area contributed by atoms with Gasteiger partial charge < -0.3 is 15.5 Å². The summed E-state index contributed by atoms with van der Waals surface area (Å²) in [6, 6.07) is 10.6. The largest absolute Gasteiger partial charge is 0.367 e. The maximum absolute atomic E-state index is 15.3. The summed E-state index contributed by atoms with van der Waals surface area (Å²) >= 11 is 0. The molecule has 1 fully saturated rings. The van der Waals surface area contributed by atoms with Crippen molar-refractivity contribution in [3.05, 3.63) is 64.7 Å². The lowest BCUT2D eigenvalue weighted by Crippen LogP contribution is -2.44. The Labute approximate surface area is 147 Å². The van der Waals surface area contributed by atoms with Crippen LogP contribution < -0.4 is 15.5 Å². The molecule has 3 nitrogen and oxygen atoms in total. The maximum Gasteiger partial charge on any atom is 0.151 e. The molecule has 5 heteroatoms. The van der Waals surface area contributed by atoms with Crippen LogP contribution in [0.4, 0.5) is 14.5 Å². The second kappa shape index (κ2) is 7.10. The van der Waals surface area contributed by atoms with Crippen LogP contribution in [-0.2, 0) is 6.54 Å². The lowest BCUT2D eigenvalue weighted by molar-refractivity contribution is 0.556. The fourth-order valence-electron chi connectivity index (χ4n) is 3.94. The summed E-state index contributed by atoms with van der Waals surface area (Å²) in [6.45, 7) is 4.77. The molecule has 0 amide bonds. The predicted octanol–water partition coefficient (Wildman–Crippen LogP) is 3.00. The molecule has 1 saturated heterocycles. The van der Waals surface area contributed by atoms with Gasteiger partial charge in [0.25, 0.3) is 0 Å². The number of hydrogen-bond donors (Lipinski definition) is 2. The minimum atomic E-state index is -0.240. The number of anilines is 1. The molecule has 0 bridgehead atoms. The first-order chi connectivity index (χ1) is 12.2. The molecule has 2 aliphatic rings. The van der Waals surface area contributed by atoms with E-state index < -0.39 is 0 Å². The molecule has 132 valence electrons. The van der Waals surface area contributed by atoms with Crippen LogP contribution in [0.3, 0.4) is 0 Å². The van der Waals surface area contributed by atoms with Gasteiger partial charge in [-0.25, -0.2) is 8.78 Å². The Bertz CT molecular complexity index is 739. The van der Waals surface area contributed by atoms with Gasteiger partial charge in [0, 0.05) is 44.2 Å². The predicted molar refractivity (Wildman–Crippen MR) is 96.0 cm³/mol. The molecule has 2 aromatic rings. The number of nitrogens with one attached hydrogen (secondary N) is 2. The van der Waals surface area contributed by atoms with Gasteiger partial charge in [-0.05, 0) is 42.3 Å². The van der Waals surface area contributed by atoms with Crippen LogP contribution in [0.2, 0.25) is 0 Å². The molecule has 2 aliphatic heterocycles. The van der Waals surface area contributed by atoms with Crippen molar-refractivity contribution in [1.82, 2.24) is 10.6 Å². The topological polar surface area (TPSA) is 27.3 Å². The van der Waals surface area contributed by atoms with E-state index in [4.69, 9.17) is 0 Å². The van der Waals surface area contributed by atoms with Crippen LogP contribution in [0.25, 0.3) is 0 Å². The van der Waals surface area contributed by atoms with Gasteiger partial charge >= 0.3 is 0 Å². The molecule has 4 rings (SSSR count). The number of benzene rings is 2. The van der Waals surface area contributed by atoms with Gasteiger partial charge in [-0.1, -0.05) is 18.2 Å². The van der Waals surface area contributed by atoms with Crippen molar-refractivity contribution in [1.29, 1.82) is 0 Å². The van der Waals surface area contributed by atoms with Gasteiger partial charge in [-0.15, -0.1) is 0 Å². The summed E-state index contributed by atoms with van der Waals surface area (Å²) in [5.74, 6) is -0.256. The zero-order valence-corrected chi connectivity index (χ0v) is 14.2. The second-order valence-corrected chi connectivity index (χ2v) is 6.77. The molecule has 2 N–H and O–H groups in total. The summed E-state index contributed by atoms with van der Waals surface area (Å²) in [4.78, 5) is 2.11. The number of hydrogen-bond acceptors (Lipinski definition) is 3. The highest BCUT2D eigenvalue weighted by Crippen LogP contribution is 2.36. The third-order valence-electron chi connectivity index (χ3n) is 5.28. The van der Waals surface area contributed by atoms with E-state index in [0.29, 0.717) is 12.2 Å². The summed E-state index contributed by atoms with van der Waals surface area (Å²) in [5.41, 5.74) is 3.51. The zero-order valence-electron chi connectivity index (χ0n) is 14.2. The standard InChI is InChI=1S/C20H23F2N3/c21-15-3-1-14(2-4-15)16-7-8-24-13-18-17(16)5-6-19(20(18)22)25-11-9-23-10-12-25/h1-6,16,23-24H,7-13H2. The SMILES string of the molecule is Fc1ccc(C2CCNCc3c2ccc(N2CCNCC2)c3F)cc1. The second-order valence-electron chi connectivity index (χ2n) is 6.77. The first-order valence-electron chi connectivity index (χ1n) is 8.97. The summed E-state index contributed by atoms with van der Waals surface area (Å²) in [5, 5.41) is 6.64. The minimum Gasteiger partial charge on any atom is -0.367 e. The molecular formula is C20H23F2N3. The Kier molecular flexibility index (Phi) is 4.68. The van der Waals surface area contributed by atoms with Crippen LogP contribution in [0.5, 0.6) is 0 Å². The highest BCUT2D eigenvalue weighted by molar-refractivity contribution is 5.55. The third-order valence-corrected chi connectivity index (χ3v) is 5.28. The van der Waals surface area contributed by atoms with Crippen molar-refractivity contribution in [3.8, 4) is 0 Å². The summed E-state index contributed by atoms with van der Waals surface area (Å²) in [6.07, 6.45) is 0.880. The van der Waals surface area contributed by atoms with Crippen molar-refractivity contribution in [2.75, 3.05) is 37.6 Å². The van der Waals surface area contributed by atoms with Gasteiger partial charge in [-0.2, -0.15) is 0 Å². The Hall–Kier alpha value is -1.98. The highest BCUT2D eigenvalue weighted by Gasteiger charge is 2.26. The van der Waals surface area contributed by atoms with Crippen molar-refractivity contribution in [3.63, 3.8) is 0 Å². The molecule has 0 aliphatic carbocycles. The van der Waals surface area contributed by atoms with Gasteiger partial charge in [0.1, 0.15) is 5.82 Å². The van der Waals surface area contributed by atoms with Crippen molar-refractivity contribution in [2.24, 2.45) is 0 Å². The number of piperazine rings is 1. The van der Waals surface area contributed by atoms with Crippen molar-refractivity contribution < 1.29 is 8.78 Å². The van der Waals surface area contributed by atoms with E-state index >= 15 is 4.39 Å². The molecule has 0 saturated carbocycles. The fourth-order valence-corrected chi connectivity index (χ4v) is 3.94. The normalized spacial score (nSPS) is 20.9. The lowest BCUT2D eigenvalue weighted by Gasteiger charge is -2.31. The van der Waals surface area contributed by atoms with Gasteiger partial charge in [0.05, 0.1) is 5.69 Å². The minimum absolute atomic E-state index is 0.0946. The molecule has 1 atom stereocenters. The van der Waals surface area contributed by atoms with E-state index in [9.17, 15) is 4.39 Å². The van der Waals surface area contributed by atoms with Crippen molar-refractivity contribution >= 4 is 5.69 Å². The lowest BCUT2D eigenvalue weighted by atomic mass is 9.86. The monoisotopic (exact) mass is 343 g/mol. The van der Waals surface area contributed by atoms with E-state index in [1.54, 1.807) is 0 Å². The van der Waals surface area contributed by atoms with E-state index in [0.717, 1.165) is 55.8 Å². The molecule has 2 heterocycles. The number of halogens is 2. The number of rotatable bonds is 2. The zero-order chi connectivity index (χ0) is 17.2. The molecule has 0 spiro atoms. The van der Waals surface area contributed by atoms with E-state index in [1.807, 2.05) is 18.2 Å². The third kappa shape index (κ3) is 3.26. The molecule has 2 aromatic carbocycles. The maximum atomic E-state index is 15.3. The summed E-state index contributed by atoms with van der Waals surface area (Å²) < 4.78 is 28.6. The van der Waals surface area contributed by atoms with E-state index in [2.05, 4.69) is 21.6 Å². The average Bonchev–Trinajstić information content (AvgIpc) is 2.87. The first kappa shape index (κ1) is 16.5. The van der Waals surface area contributed by atoms with Crippen LogP contribution in [0, 0.1) is 11.6 Å². The van der Waals surface area contributed by atoms with Gasteiger partial charge in [0.15, 0.2) is 5.82 Å². The summed E-state index contributed by atoms with van der Waals surface area (Å²) in [7, 11) is 0. The molecular weight excluding hydrogens is 320 g/mol. The average molecular weight is 343 g/mol. The van der Waals surface area contributed by atoms with Crippen LogP contribution in [0.1, 0.15) is 29.0 Å². The molecule has 1 unspecified atom stereocenters. The number of fused-ring (bicyclic) bond motifs is 1. The van der Waals surface area contributed by atoms with Crippen molar-refractivity contribution in [2.45, 2.75) is 18.9 Å². The van der Waals surface area contributed by atoms with Crippen LogP contribution >= 0.6 is 0 Å². The Morgan fingerprint density at radius 1 is 0.880 bits per heavy atom. The van der Waals surface area contributed by atoms with Gasteiger partial charge in [-0.3, -0.25) is 0 Å². The van der Waals surface area contributed by atoms with E-state index in [-0.39, 0.29) is 17.6 Å². The quantitative estimate of drug-likeness (QED) is 0.878. The molecule has 0 aromatic heterocycles. The van der Waals surface area contributed by atoms with Gasteiger partial charge in [0.2, 0.25) is 0 Å². The van der Waals surface area contributed by atoms with E-state index in [1.165, 1.54) is 12.1 Å². The smallest absolute Gasteiger partial charge is 0.151 e.